The first-order chi connectivity index (χ1) is 36.2. The van der Waals surface area contributed by atoms with E-state index >= 15 is 0 Å². The van der Waals surface area contributed by atoms with Gasteiger partial charge in [-0.15, -0.1) is 11.3 Å². The van der Waals surface area contributed by atoms with Crippen molar-refractivity contribution in [3.63, 3.8) is 0 Å². The van der Waals surface area contributed by atoms with Gasteiger partial charge in [-0.05, 0) is 123 Å². The normalized spacial score (nSPS) is 13.8. The number of allylic oxidation sites excluding steroid dienone is 1. The quantitative estimate of drug-likeness (QED) is 0.169. The highest BCUT2D eigenvalue weighted by atomic mass is 32.1. The van der Waals surface area contributed by atoms with Crippen LogP contribution in [0.5, 0.6) is 0 Å². The molecule has 11 aromatic carbocycles. The first-order valence-corrected chi connectivity index (χ1v) is 26.0. The zero-order valence-corrected chi connectivity index (χ0v) is 40.4. The molecule has 0 fully saturated rings. The highest BCUT2D eigenvalue weighted by Crippen LogP contribution is 2.46. The van der Waals surface area contributed by atoms with Gasteiger partial charge in [-0.1, -0.05) is 164 Å². The smallest absolute Gasteiger partial charge is 0.160 e. The summed E-state index contributed by atoms with van der Waals surface area (Å²) in [5, 5.41) is 12.4. The minimum Gasteiger partial charge on any atom is -0.309 e. The zero-order valence-electron chi connectivity index (χ0n) is 39.6. The van der Waals surface area contributed by atoms with Crippen molar-refractivity contribution >= 4 is 119 Å². The number of fused-ring (bicyclic) bond motifs is 20. The van der Waals surface area contributed by atoms with Crippen LogP contribution < -0.4 is 0 Å². The van der Waals surface area contributed by atoms with Gasteiger partial charge >= 0.3 is 0 Å². The van der Waals surface area contributed by atoms with Crippen LogP contribution in [-0.2, 0) is 0 Å². The highest BCUT2D eigenvalue weighted by molar-refractivity contribution is 7.26. The molecule has 16 rings (SSSR count). The fourth-order valence-corrected chi connectivity index (χ4v) is 13.4. The van der Waals surface area contributed by atoms with Crippen molar-refractivity contribution in [2.24, 2.45) is 9.98 Å². The van der Waals surface area contributed by atoms with Crippen molar-refractivity contribution in [3.8, 4) is 22.5 Å². The van der Waals surface area contributed by atoms with Crippen LogP contribution in [0, 0.1) is 0 Å². The molecular weight excluding hydrogens is 905 g/mol. The molecule has 0 atom stereocenters. The Bertz CT molecular complexity index is 4760. The van der Waals surface area contributed by atoms with E-state index in [4.69, 9.17) is 9.98 Å². The van der Waals surface area contributed by atoms with E-state index in [1.807, 2.05) is 11.3 Å². The number of nitrogens with zero attached hydrogens (tertiary/aromatic N) is 4. The Hall–Kier alpha value is -9.16. The van der Waals surface area contributed by atoms with Crippen molar-refractivity contribution in [1.29, 1.82) is 0 Å². The third-order valence-corrected chi connectivity index (χ3v) is 16.8. The summed E-state index contributed by atoms with van der Waals surface area (Å²) in [6.07, 6.45) is 1.48. The topological polar surface area (TPSA) is 34.6 Å². The van der Waals surface area contributed by atoms with Gasteiger partial charge in [-0.2, -0.15) is 0 Å². The molecule has 340 valence electrons. The Kier molecular flexibility index (Phi) is 8.71. The van der Waals surface area contributed by atoms with E-state index in [1.54, 1.807) is 0 Å². The first-order valence-electron chi connectivity index (χ1n) is 25.2. The van der Waals surface area contributed by atoms with Crippen LogP contribution in [0.3, 0.4) is 0 Å². The average Bonchev–Trinajstić information content (AvgIpc) is 4.11. The SMILES string of the molecule is c1ccc(-c2ccc(C3=C4CCC(=NC(c5ccc6c(c5)c5ccccc5n6-c5ccccc5)=N3)c3cc5sc6c7ccccc7ccc6c5cc3-n3c5cc4ccc5c4cc5ccccc5cc43)cc2)cc1. The van der Waals surface area contributed by atoms with E-state index in [9.17, 15) is 0 Å². The van der Waals surface area contributed by atoms with Crippen LogP contribution in [0.1, 0.15) is 35.1 Å². The van der Waals surface area contributed by atoms with E-state index in [-0.39, 0.29) is 0 Å². The second-order valence-electron chi connectivity index (χ2n) is 19.6. The molecule has 14 aromatic rings. The molecule has 0 radical (unpaired) electrons. The number of rotatable bonds is 4. The van der Waals surface area contributed by atoms with Gasteiger partial charge in [0.05, 0.1) is 39.2 Å². The Morgan fingerprint density at radius 1 is 0.356 bits per heavy atom. The van der Waals surface area contributed by atoms with Gasteiger partial charge in [-0.25, -0.2) is 9.98 Å². The third-order valence-electron chi connectivity index (χ3n) is 15.6. The van der Waals surface area contributed by atoms with Gasteiger partial charge in [0, 0.05) is 64.1 Å². The molecule has 2 aliphatic heterocycles. The summed E-state index contributed by atoms with van der Waals surface area (Å²) in [5.74, 6) is 0.700. The molecule has 0 N–H and O–H groups in total. The van der Waals surface area contributed by atoms with Crippen LogP contribution in [0.15, 0.2) is 241 Å². The first kappa shape index (κ1) is 40.6. The minimum atomic E-state index is 0.700. The lowest BCUT2D eigenvalue weighted by Gasteiger charge is -2.23. The van der Waals surface area contributed by atoms with Crippen molar-refractivity contribution < 1.29 is 0 Å². The fourth-order valence-electron chi connectivity index (χ4n) is 12.1. The molecule has 5 heteroatoms. The maximum atomic E-state index is 5.91. The van der Waals surface area contributed by atoms with Gasteiger partial charge in [0.25, 0.3) is 0 Å². The molecule has 0 amide bonds. The largest absolute Gasteiger partial charge is 0.309 e. The minimum absolute atomic E-state index is 0.700. The molecule has 5 heterocycles. The summed E-state index contributed by atoms with van der Waals surface area (Å²) in [6.45, 7) is 0. The zero-order chi connectivity index (χ0) is 47.7. The number of aromatic nitrogens is 2. The van der Waals surface area contributed by atoms with Crippen molar-refractivity contribution in [2.45, 2.75) is 12.8 Å². The van der Waals surface area contributed by atoms with Gasteiger partial charge in [0.1, 0.15) is 0 Å². The second-order valence-corrected chi connectivity index (χ2v) is 20.7. The van der Waals surface area contributed by atoms with Crippen molar-refractivity contribution in [1.82, 2.24) is 9.13 Å². The Morgan fingerprint density at radius 3 is 1.84 bits per heavy atom. The predicted octanol–water partition coefficient (Wildman–Crippen LogP) is 18.1. The number of hydrogen-bond acceptors (Lipinski definition) is 3. The lowest BCUT2D eigenvalue weighted by Crippen LogP contribution is -2.14. The van der Waals surface area contributed by atoms with Crippen molar-refractivity contribution in [3.05, 3.63) is 253 Å². The molecule has 3 aromatic heterocycles. The summed E-state index contributed by atoms with van der Waals surface area (Å²) in [5.41, 5.74) is 16.8. The lowest BCUT2D eigenvalue weighted by atomic mass is 9.90. The number of amidine groups is 1. The number of thiophene rings is 1. The van der Waals surface area contributed by atoms with E-state index in [1.165, 1.54) is 102 Å². The van der Waals surface area contributed by atoms with Gasteiger partial charge in [0.15, 0.2) is 5.84 Å². The third kappa shape index (κ3) is 6.19. The van der Waals surface area contributed by atoms with Crippen LogP contribution in [0.4, 0.5) is 0 Å². The highest BCUT2D eigenvalue weighted by Gasteiger charge is 2.27. The van der Waals surface area contributed by atoms with Crippen LogP contribution >= 0.6 is 11.3 Å². The molecule has 0 spiro atoms. The van der Waals surface area contributed by atoms with E-state index < -0.39 is 0 Å². The Labute approximate surface area is 424 Å². The molecule has 2 aliphatic rings. The maximum Gasteiger partial charge on any atom is 0.160 e. The molecule has 0 saturated heterocycles. The molecule has 0 aliphatic carbocycles. The van der Waals surface area contributed by atoms with Crippen LogP contribution in [-0.4, -0.2) is 20.7 Å². The number of aliphatic imine (C=N–C) groups is 2. The van der Waals surface area contributed by atoms with E-state index in [0.717, 1.165) is 57.8 Å². The van der Waals surface area contributed by atoms with Crippen LogP contribution in [0.25, 0.3) is 119 Å². The molecule has 0 saturated carbocycles. The number of benzene rings is 11. The Morgan fingerprint density at radius 2 is 0.986 bits per heavy atom. The summed E-state index contributed by atoms with van der Waals surface area (Å²) in [7, 11) is 0. The summed E-state index contributed by atoms with van der Waals surface area (Å²) in [6, 6.07) is 84.9. The molecular formula is C68H42N4S. The molecule has 73 heavy (non-hydrogen) atoms. The van der Waals surface area contributed by atoms with Gasteiger partial charge in [-0.3, -0.25) is 0 Å². The predicted molar refractivity (Wildman–Crippen MR) is 310 cm³/mol. The molecule has 4 nitrogen and oxygen atoms in total. The molecule has 4 bridgehead atoms. The summed E-state index contributed by atoms with van der Waals surface area (Å²) >= 11 is 1.89. The monoisotopic (exact) mass is 946 g/mol. The van der Waals surface area contributed by atoms with E-state index in [2.05, 4.69) is 240 Å². The second kappa shape index (κ2) is 15.7. The fraction of sp³-hybridized carbons (Fsp3) is 0.0294. The summed E-state index contributed by atoms with van der Waals surface area (Å²) in [4.78, 5) is 11.8. The molecule has 0 unspecified atom stereocenters. The maximum absolute atomic E-state index is 5.91. The summed E-state index contributed by atoms with van der Waals surface area (Å²) < 4.78 is 7.49. The van der Waals surface area contributed by atoms with Gasteiger partial charge < -0.3 is 9.13 Å². The average molecular weight is 947 g/mol. The van der Waals surface area contributed by atoms with Crippen LogP contribution in [0.2, 0.25) is 0 Å². The number of hydrogen-bond donors (Lipinski definition) is 0. The van der Waals surface area contributed by atoms with Gasteiger partial charge in [0.2, 0.25) is 0 Å². The number of para-hydroxylation sites is 2. The lowest BCUT2D eigenvalue weighted by molar-refractivity contribution is 1.09. The standard InChI is InChI=1S/C68H42N4S/c1-3-13-41(14-4-1)42-23-25-44(26-24-42)66-50-32-33-59(69-68(70-66)48-29-34-61-55(36-48)52-21-11-12-22-60(52)71(61)49-18-5-2-6-19-49)58-40-65-57(54-31-27-43-15-9-10-20-51(43)67(54)73-65)39-64(58)72-62-38-47(50)28-30-53(62)56-35-45-16-7-8-17-46(45)37-63(56)72/h1-31,34-40H,32-33H2. The van der Waals surface area contributed by atoms with E-state index in [0.29, 0.717) is 5.84 Å². The van der Waals surface area contributed by atoms with Crippen molar-refractivity contribution in [2.75, 3.05) is 0 Å². The Balaban J connectivity index is 1.02.